The number of allylic oxidation sites excluding steroid dienone is 1. The molecule has 3 heterocycles. The fourth-order valence-corrected chi connectivity index (χ4v) is 4.26. The molecule has 4 aromatic rings. The first kappa shape index (κ1) is 23.7. The SMILES string of the molecule is C=C(/C=C(/c1nc2c(C)c3scnc3cc2c(=O)o1)N(C)c1ncccc1Cl)OCC(F)(F)F. The molecule has 0 atom stereocenters. The molecule has 3 aromatic heterocycles. The van der Waals surface area contributed by atoms with Gasteiger partial charge in [-0.1, -0.05) is 18.2 Å². The maximum absolute atomic E-state index is 12.9. The number of pyridine rings is 1. The maximum atomic E-state index is 12.9. The number of ether oxygens (including phenoxy) is 1. The van der Waals surface area contributed by atoms with E-state index in [0.29, 0.717) is 16.6 Å². The van der Waals surface area contributed by atoms with E-state index in [1.807, 2.05) is 0 Å². The lowest BCUT2D eigenvalue weighted by Gasteiger charge is -2.22. The zero-order chi connectivity index (χ0) is 24.6. The van der Waals surface area contributed by atoms with E-state index in [1.54, 1.807) is 37.7 Å². The summed E-state index contributed by atoms with van der Waals surface area (Å²) in [5.41, 5.74) is 2.76. The quantitative estimate of drug-likeness (QED) is 0.243. The number of alkyl halides is 3. The van der Waals surface area contributed by atoms with E-state index >= 15 is 0 Å². The molecule has 0 N–H and O–H groups in total. The molecule has 0 aliphatic rings. The third kappa shape index (κ3) is 4.75. The van der Waals surface area contributed by atoms with E-state index in [9.17, 15) is 18.0 Å². The van der Waals surface area contributed by atoms with Gasteiger partial charge in [0.1, 0.15) is 11.5 Å². The monoisotopic (exact) mass is 508 g/mol. The molecule has 176 valence electrons. The van der Waals surface area contributed by atoms with Crippen LogP contribution in [0.15, 0.2) is 57.5 Å². The number of hydrogen-bond donors (Lipinski definition) is 0. The highest BCUT2D eigenvalue weighted by molar-refractivity contribution is 7.17. The third-order valence-electron chi connectivity index (χ3n) is 4.81. The molecule has 1 aromatic carbocycles. The van der Waals surface area contributed by atoms with Crippen molar-refractivity contribution in [3.05, 3.63) is 75.2 Å². The van der Waals surface area contributed by atoms with Gasteiger partial charge >= 0.3 is 11.8 Å². The van der Waals surface area contributed by atoms with Crippen LogP contribution in [0.2, 0.25) is 5.02 Å². The summed E-state index contributed by atoms with van der Waals surface area (Å²) in [7, 11) is 1.54. The number of nitrogens with zero attached hydrogens (tertiary/aromatic N) is 4. The van der Waals surface area contributed by atoms with Crippen LogP contribution in [0.5, 0.6) is 0 Å². The Labute approximate surface area is 199 Å². The standard InChI is InChI=1S/C22H16ClF3N4O3S/c1-11(32-9-22(24,25)26)7-16(30(3)19-14(23)5-4-6-27-19)20-29-17-12(2)18-15(28-10-34-18)8-13(17)21(31)33-20/h4-8,10H,1,9H2,2-3H3/b16-7-. The molecule has 0 unspecified atom stereocenters. The lowest BCUT2D eigenvalue weighted by Crippen LogP contribution is -2.21. The summed E-state index contributed by atoms with van der Waals surface area (Å²) in [5, 5.41) is 0.480. The normalized spacial score (nSPS) is 12.4. The van der Waals surface area contributed by atoms with Crippen LogP contribution in [0.4, 0.5) is 19.0 Å². The molecular weight excluding hydrogens is 493 g/mol. The molecule has 0 aliphatic carbocycles. The Bertz CT molecular complexity index is 1500. The average Bonchev–Trinajstić information content (AvgIpc) is 3.25. The van der Waals surface area contributed by atoms with Crippen molar-refractivity contribution < 1.29 is 22.3 Å². The molecule has 0 saturated heterocycles. The van der Waals surface area contributed by atoms with Crippen molar-refractivity contribution in [2.24, 2.45) is 0 Å². The highest BCUT2D eigenvalue weighted by Crippen LogP contribution is 2.32. The fraction of sp³-hybridized carbons (Fsp3) is 0.182. The number of benzene rings is 1. The van der Waals surface area contributed by atoms with Crippen molar-refractivity contribution in [3.8, 4) is 0 Å². The van der Waals surface area contributed by atoms with Crippen LogP contribution in [0.3, 0.4) is 0 Å². The first-order valence-corrected chi connectivity index (χ1v) is 10.9. The first-order valence-electron chi connectivity index (χ1n) is 9.67. The number of fused-ring (bicyclic) bond motifs is 2. The molecule has 12 heteroatoms. The minimum Gasteiger partial charge on any atom is -0.485 e. The number of anilines is 1. The summed E-state index contributed by atoms with van der Waals surface area (Å²) in [5.74, 6) is -0.255. The summed E-state index contributed by atoms with van der Waals surface area (Å²) < 4.78 is 48.9. The second kappa shape index (κ2) is 9.07. The number of aromatic nitrogens is 3. The molecule has 0 bridgehead atoms. The highest BCUT2D eigenvalue weighted by Gasteiger charge is 2.29. The van der Waals surface area contributed by atoms with E-state index in [4.69, 9.17) is 20.8 Å². The molecule has 0 saturated carbocycles. The van der Waals surface area contributed by atoms with Crippen LogP contribution < -0.4 is 10.5 Å². The van der Waals surface area contributed by atoms with Crippen molar-refractivity contribution in [2.45, 2.75) is 13.1 Å². The second-order valence-electron chi connectivity index (χ2n) is 7.17. The van der Waals surface area contributed by atoms with E-state index in [1.165, 1.54) is 28.5 Å². The Kier molecular flexibility index (Phi) is 6.32. The number of aryl methyl sites for hydroxylation is 1. The summed E-state index contributed by atoms with van der Waals surface area (Å²) in [6.45, 7) is 3.78. The van der Waals surface area contributed by atoms with Crippen molar-refractivity contribution in [1.82, 2.24) is 15.0 Å². The predicted molar refractivity (Wildman–Crippen MR) is 125 cm³/mol. The van der Waals surface area contributed by atoms with Gasteiger partial charge in [0.25, 0.3) is 0 Å². The van der Waals surface area contributed by atoms with Crippen LogP contribution in [0.1, 0.15) is 11.5 Å². The van der Waals surface area contributed by atoms with Crippen molar-refractivity contribution in [1.29, 1.82) is 0 Å². The van der Waals surface area contributed by atoms with E-state index in [2.05, 4.69) is 21.5 Å². The summed E-state index contributed by atoms with van der Waals surface area (Å²) in [4.78, 5) is 27.2. The molecule has 0 aliphatic heterocycles. The lowest BCUT2D eigenvalue weighted by molar-refractivity contribution is -0.163. The van der Waals surface area contributed by atoms with Gasteiger partial charge in [0.15, 0.2) is 12.4 Å². The first-order chi connectivity index (χ1) is 16.0. The predicted octanol–water partition coefficient (Wildman–Crippen LogP) is 5.72. The van der Waals surface area contributed by atoms with Crippen LogP contribution in [0, 0.1) is 6.92 Å². The molecule has 0 spiro atoms. The van der Waals surface area contributed by atoms with Gasteiger partial charge in [-0.25, -0.2) is 19.7 Å². The number of thiazole rings is 1. The maximum Gasteiger partial charge on any atom is 0.422 e. The molecule has 4 rings (SSSR count). The van der Waals surface area contributed by atoms with Crippen molar-refractivity contribution >= 4 is 55.6 Å². The average molecular weight is 509 g/mol. The minimum atomic E-state index is -4.56. The Morgan fingerprint density at radius 1 is 1.38 bits per heavy atom. The molecule has 0 fully saturated rings. The second-order valence-corrected chi connectivity index (χ2v) is 8.43. The minimum absolute atomic E-state index is 0.0653. The molecule has 7 nitrogen and oxygen atoms in total. The molecule has 0 amide bonds. The molecule has 0 radical (unpaired) electrons. The summed E-state index contributed by atoms with van der Waals surface area (Å²) in [6.07, 6.45) is -1.90. The van der Waals surface area contributed by atoms with Crippen LogP contribution in [-0.4, -0.2) is 34.8 Å². The zero-order valence-electron chi connectivity index (χ0n) is 17.8. The molecule has 34 heavy (non-hydrogen) atoms. The van der Waals surface area contributed by atoms with Gasteiger partial charge in [0.2, 0.25) is 5.89 Å². The summed E-state index contributed by atoms with van der Waals surface area (Å²) in [6, 6.07) is 4.79. The zero-order valence-corrected chi connectivity index (χ0v) is 19.4. The highest BCUT2D eigenvalue weighted by atomic mass is 35.5. The van der Waals surface area contributed by atoms with Gasteiger partial charge in [-0.2, -0.15) is 13.2 Å². The number of rotatable bonds is 6. The fourth-order valence-electron chi connectivity index (χ4n) is 3.24. The van der Waals surface area contributed by atoms with Gasteiger partial charge in [0.05, 0.1) is 31.7 Å². The van der Waals surface area contributed by atoms with Gasteiger partial charge in [-0.15, -0.1) is 11.3 Å². The van der Waals surface area contributed by atoms with Crippen LogP contribution in [-0.2, 0) is 4.74 Å². The smallest absolute Gasteiger partial charge is 0.422 e. The van der Waals surface area contributed by atoms with E-state index < -0.39 is 18.4 Å². The Morgan fingerprint density at radius 3 is 2.85 bits per heavy atom. The Morgan fingerprint density at radius 2 is 2.15 bits per heavy atom. The van der Waals surface area contributed by atoms with Gasteiger partial charge in [-0.05, 0) is 30.7 Å². The largest absolute Gasteiger partial charge is 0.485 e. The van der Waals surface area contributed by atoms with Gasteiger partial charge < -0.3 is 14.1 Å². The van der Waals surface area contributed by atoms with Gasteiger partial charge in [-0.3, -0.25) is 0 Å². The van der Waals surface area contributed by atoms with Gasteiger partial charge in [0, 0.05) is 19.3 Å². The Hall–Kier alpha value is -3.44. The summed E-state index contributed by atoms with van der Waals surface area (Å²) >= 11 is 7.66. The van der Waals surface area contributed by atoms with E-state index in [-0.39, 0.29) is 33.6 Å². The van der Waals surface area contributed by atoms with E-state index in [0.717, 1.165) is 4.70 Å². The van der Waals surface area contributed by atoms with Crippen LogP contribution in [0.25, 0.3) is 26.8 Å². The lowest BCUT2D eigenvalue weighted by atomic mass is 10.1. The number of halogens is 4. The number of hydrogen-bond acceptors (Lipinski definition) is 8. The third-order valence-corrected chi connectivity index (χ3v) is 6.06. The van der Waals surface area contributed by atoms with Crippen molar-refractivity contribution in [2.75, 3.05) is 18.6 Å². The van der Waals surface area contributed by atoms with Crippen LogP contribution >= 0.6 is 22.9 Å². The Balaban J connectivity index is 1.88. The molecular formula is C22H16ClF3N4O3S. The van der Waals surface area contributed by atoms with Crippen molar-refractivity contribution in [3.63, 3.8) is 0 Å². The topological polar surface area (TPSA) is 81.4 Å².